The summed E-state index contributed by atoms with van der Waals surface area (Å²) in [6.45, 7) is 0.371. The maximum Gasteiger partial charge on any atom is 0.433 e. The van der Waals surface area contributed by atoms with E-state index in [9.17, 15) is 13.2 Å². The molecule has 0 bridgehead atoms. The summed E-state index contributed by atoms with van der Waals surface area (Å²) in [4.78, 5) is 22.7. The molecule has 150 valence electrons. The average Bonchev–Trinajstić information content (AvgIpc) is 3.15. The van der Waals surface area contributed by atoms with Crippen molar-refractivity contribution in [1.82, 2.24) is 9.36 Å². The van der Waals surface area contributed by atoms with E-state index in [-0.39, 0.29) is 15.8 Å². The lowest BCUT2D eigenvalue weighted by atomic mass is 10.2. The maximum atomic E-state index is 12.8. The number of nitrogens with two attached hydrogens (primary N) is 1. The molecule has 8 nitrogen and oxygen atoms in total. The molecular weight excluding hydrogens is 421 g/mol. The molecule has 0 saturated carbocycles. The van der Waals surface area contributed by atoms with Gasteiger partial charge in [-0.2, -0.15) is 18.4 Å². The number of alkyl halides is 3. The molecule has 0 fully saturated rings. The topological polar surface area (TPSA) is 150 Å². The van der Waals surface area contributed by atoms with Gasteiger partial charge in [0, 0.05) is 16.3 Å². The van der Waals surface area contributed by atoms with Crippen molar-refractivity contribution in [2.45, 2.75) is 22.9 Å². The molecule has 0 aliphatic heterocycles. The first kappa shape index (κ1) is 23.3. The van der Waals surface area contributed by atoms with Crippen LogP contribution in [0.3, 0.4) is 0 Å². The lowest BCUT2D eigenvalue weighted by Gasteiger charge is -2.15. The molecule has 2 aromatic heterocycles. The Hall–Kier alpha value is -2.69. The minimum atomic E-state index is -4.54. The zero-order chi connectivity index (χ0) is 21.3. The van der Waals surface area contributed by atoms with Crippen molar-refractivity contribution in [2.24, 2.45) is 5.73 Å². The van der Waals surface area contributed by atoms with Crippen molar-refractivity contribution >= 4 is 35.2 Å². The van der Waals surface area contributed by atoms with Gasteiger partial charge in [0.15, 0.2) is 0 Å². The van der Waals surface area contributed by atoms with Crippen LogP contribution in [0.5, 0.6) is 0 Å². The first-order valence-corrected chi connectivity index (χ1v) is 8.97. The van der Waals surface area contributed by atoms with E-state index in [4.69, 9.17) is 30.8 Å². The lowest BCUT2D eigenvalue weighted by molar-refractivity contribution is -0.159. The standard InChI is InChI=1S/C13H11F3N4S2.C2H2O4/c14-13(15,16)11-2-1-8(7-18)12(20-11)21-9(3-5-17)10-4-6-19-22-10;3-1(4)2(5)6/h1-2,4,6,9H,3,5,17H2;(H,3,4)(H,5,6). The molecule has 0 aliphatic carbocycles. The van der Waals surface area contributed by atoms with Crippen molar-refractivity contribution in [3.63, 3.8) is 0 Å². The Bertz CT molecular complexity index is 842. The zero-order valence-corrected chi connectivity index (χ0v) is 15.5. The second-order valence-corrected chi connectivity index (χ2v) is 6.92. The van der Waals surface area contributed by atoms with Gasteiger partial charge in [-0.15, -0.1) is 0 Å². The minimum Gasteiger partial charge on any atom is -0.473 e. The Morgan fingerprint density at radius 2 is 1.93 bits per heavy atom. The average molecular weight is 434 g/mol. The van der Waals surface area contributed by atoms with E-state index in [1.807, 2.05) is 6.07 Å². The number of thioether (sulfide) groups is 1. The summed E-state index contributed by atoms with van der Waals surface area (Å²) in [6.07, 6.45) is -2.37. The van der Waals surface area contributed by atoms with Crippen LogP contribution >= 0.6 is 23.3 Å². The number of nitriles is 1. The van der Waals surface area contributed by atoms with Gasteiger partial charge in [0.1, 0.15) is 16.8 Å². The number of halogens is 3. The van der Waals surface area contributed by atoms with Crippen LogP contribution < -0.4 is 5.73 Å². The van der Waals surface area contributed by atoms with Gasteiger partial charge in [0.25, 0.3) is 0 Å². The normalized spacial score (nSPS) is 11.7. The number of carboxylic acids is 2. The van der Waals surface area contributed by atoms with Crippen molar-refractivity contribution in [2.75, 3.05) is 6.54 Å². The van der Waals surface area contributed by atoms with Crippen molar-refractivity contribution < 1.29 is 33.0 Å². The molecule has 0 amide bonds. The predicted molar refractivity (Wildman–Crippen MR) is 93.6 cm³/mol. The fraction of sp³-hybridized carbons (Fsp3) is 0.267. The molecule has 0 spiro atoms. The fourth-order valence-electron chi connectivity index (χ4n) is 1.71. The van der Waals surface area contributed by atoms with E-state index in [0.717, 1.165) is 28.8 Å². The zero-order valence-electron chi connectivity index (χ0n) is 13.9. The van der Waals surface area contributed by atoms with Crippen LogP contribution in [-0.2, 0) is 15.8 Å². The van der Waals surface area contributed by atoms with Gasteiger partial charge in [-0.05, 0) is 42.7 Å². The number of hydrogen-bond acceptors (Lipinski definition) is 8. The van der Waals surface area contributed by atoms with Gasteiger partial charge >= 0.3 is 18.1 Å². The van der Waals surface area contributed by atoms with Crippen molar-refractivity contribution in [3.05, 3.63) is 40.5 Å². The molecule has 1 atom stereocenters. The Labute approximate surface area is 165 Å². The second kappa shape index (κ2) is 10.6. The third-order valence-corrected chi connectivity index (χ3v) is 5.23. The molecule has 28 heavy (non-hydrogen) atoms. The highest BCUT2D eigenvalue weighted by Gasteiger charge is 2.33. The number of rotatable bonds is 5. The molecule has 1 unspecified atom stereocenters. The van der Waals surface area contributed by atoms with Crippen molar-refractivity contribution in [1.29, 1.82) is 5.26 Å². The first-order chi connectivity index (χ1) is 13.1. The summed E-state index contributed by atoms with van der Waals surface area (Å²) >= 11 is 2.36. The molecule has 13 heteroatoms. The van der Waals surface area contributed by atoms with Gasteiger partial charge in [0.05, 0.1) is 5.56 Å². The van der Waals surface area contributed by atoms with E-state index in [0.29, 0.717) is 13.0 Å². The summed E-state index contributed by atoms with van der Waals surface area (Å²) in [7, 11) is 0. The van der Waals surface area contributed by atoms with E-state index >= 15 is 0 Å². The van der Waals surface area contributed by atoms with E-state index in [1.165, 1.54) is 11.5 Å². The number of aromatic nitrogens is 2. The maximum absolute atomic E-state index is 12.8. The first-order valence-electron chi connectivity index (χ1n) is 7.32. The molecule has 0 aromatic carbocycles. The molecular formula is C15H13F3N4O4S2. The Morgan fingerprint density at radius 3 is 2.36 bits per heavy atom. The molecule has 2 heterocycles. The Balaban J connectivity index is 0.000000568. The highest BCUT2D eigenvalue weighted by molar-refractivity contribution is 7.99. The fourth-order valence-corrected chi connectivity index (χ4v) is 3.69. The number of carbonyl (C=O) groups is 2. The minimum absolute atomic E-state index is 0.0594. The van der Waals surface area contributed by atoms with Crippen molar-refractivity contribution in [3.8, 4) is 6.07 Å². The third-order valence-electron chi connectivity index (χ3n) is 2.91. The van der Waals surface area contributed by atoms with Crippen LogP contribution in [0.1, 0.15) is 27.8 Å². The van der Waals surface area contributed by atoms with Crippen LogP contribution in [0.2, 0.25) is 0 Å². The summed E-state index contributed by atoms with van der Waals surface area (Å²) < 4.78 is 42.3. The monoisotopic (exact) mass is 434 g/mol. The predicted octanol–water partition coefficient (Wildman–Crippen LogP) is 2.77. The SMILES string of the molecule is N#Cc1ccc(C(F)(F)F)nc1SC(CCN)c1ccns1.O=C(O)C(=O)O. The number of hydrogen-bond donors (Lipinski definition) is 3. The van der Waals surface area contributed by atoms with Crippen LogP contribution in [0.15, 0.2) is 29.4 Å². The summed E-state index contributed by atoms with van der Waals surface area (Å²) in [5.74, 6) is -3.65. The smallest absolute Gasteiger partial charge is 0.433 e. The van der Waals surface area contributed by atoms with Gasteiger partial charge in [-0.3, -0.25) is 0 Å². The van der Waals surface area contributed by atoms with Crippen LogP contribution in [0.25, 0.3) is 0 Å². The Kier molecular flexibility index (Phi) is 8.83. The third kappa shape index (κ3) is 7.14. The second-order valence-electron chi connectivity index (χ2n) is 4.87. The number of pyridine rings is 1. The van der Waals surface area contributed by atoms with Crippen LogP contribution in [0, 0.1) is 11.3 Å². The highest BCUT2D eigenvalue weighted by Crippen LogP contribution is 2.40. The summed E-state index contributed by atoms with van der Waals surface area (Å²) in [5, 5.41) is 23.7. The summed E-state index contributed by atoms with van der Waals surface area (Å²) in [5.41, 5.74) is 4.67. The molecule has 2 aromatic rings. The van der Waals surface area contributed by atoms with Gasteiger partial charge in [-0.1, -0.05) is 11.8 Å². The number of aliphatic carboxylic acids is 2. The van der Waals surface area contributed by atoms with Gasteiger partial charge in [-0.25, -0.2) is 18.9 Å². The molecule has 0 radical (unpaired) electrons. The lowest BCUT2D eigenvalue weighted by Crippen LogP contribution is -2.10. The quantitative estimate of drug-likeness (QED) is 0.477. The molecule has 4 N–H and O–H groups in total. The number of nitrogens with zero attached hydrogens (tertiary/aromatic N) is 3. The van der Waals surface area contributed by atoms with E-state index in [2.05, 4.69) is 9.36 Å². The van der Waals surface area contributed by atoms with Gasteiger partial charge in [0.2, 0.25) is 0 Å². The van der Waals surface area contributed by atoms with Crippen LogP contribution in [0.4, 0.5) is 13.2 Å². The van der Waals surface area contributed by atoms with Crippen LogP contribution in [-0.4, -0.2) is 38.1 Å². The van der Waals surface area contributed by atoms with E-state index < -0.39 is 23.8 Å². The molecule has 0 saturated heterocycles. The molecule has 0 aliphatic rings. The Morgan fingerprint density at radius 1 is 1.29 bits per heavy atom. The number of carboxylic acid groups (broad SMARTS) is 2. The largest absolute Gasteiger partial charge is 0.473 e. The molecule has 2 rings (SSSR count). The highest BCUT2D eigenvalue weighted by atomic mass is 32.2. The van der Waals surface area contributed by atoms with E-state index in [1.54, 1.807) is 12.3 Å². The summed E-state index contributed by atoms with van der Waals surface area (Å²) in [6, 6.07) is 5.62. The van der Waals surface area contributed by atoms with Gasteiger partial charge < -0.3 is 15.9 Å².